The van der Waals surface area contributed by atoms with Gasteiger partial charge in [-0.1, -0.05) is 48.5 Å². The van der Waals surface area contributed by atoms with Crippen LogP contribution in [0.2, 0.25) is 5.02 Å². The molecule has 0 N–H and O–H groups in total. The maximum absolute atomic E-state index is 13.8. The Morgan fingerprint density at radius 3 is 2.71 bits per heavy atom. The lowest BCUT2D eigenvalue weighted by molar-refractivity contribution is -0.131. The molecular weight excluding hydrogens is 593 g/mol. The van der Waals surface area contributed by atoms with Crippen LogP contribution < -0.4 is 9.64 Å². The van der Waals surface area contributed by atoms with Gasteiger partial charge in [0, 0.05) is 53.9 Å². The minimum atomic E-state index is -1.04. The van der Waals surface area contributed by atoms with Crippen molar-refractivity contribution in [1.82, 2.24) is 24.8 Å². The molecule has 11 heteroatoms. The van der Waals surface area contributed by atoms with Crippen LogP contribution in [0.5, 0.6) is 6.01 Å². The summed E-state index contributed by atoms with van der Waals surface area (Å²) in [4.78, 5) is 33.0. The summed E-state index contributed by atoms with van der Waals surface area (Å²) < 4.78 is 20.1. The van der Waals surface area contributed by atoms with Gasteiger partial charge < -0.3 is 14.5 Å². The number of hydrogen-bond acceptors (Lipinski definition) is 8. The normalized spacial score (nSPS) is 20.5. The molecule has 3 aliphatic rings. The number of amides is 1. The first-order chi connectivity index (χ1) is 21.9. The Morgan fingerprint density at radius 1 is 1.11 bits per heavy atom. The van der Waals surface area contributed by atoms with Gasteiger partial charge in [-0.25, -0.2) is 4.39 Å². The molecule has 2 aliphatic heterocycles. The van der Waals surface area contributed by atoms with E-state index in [0.717, 1.165) is 41.3 Å². The van der Waals surface area contributed by atoms with E-state index < -0.39 is 17.8 Å². The molecule has 0 radical (unpaired) electrons. The second kappa shape index (κ2) is 12.2. The van der Waals surface area contributed by atoms with Crippen molar-refractivity contribution in [3.63, 3.8) is 0 Å². The van der Waals surface area contributed by atoms with Gasteiger partial charge in [0.2, 0.25) is 0 Å². The van der Waals surface area contributed by atoms with E-state index in [1.165, 1.54) is 17.7 Å². The van der Waals surface area contributed by atoms with Crippen molar-refractivity contribution in [2.75, 3.05) is 37.7 Å². The first kappa shape index (κ1) is 29.4. The molecular formula is C34H33ClFN7O2. The van der Waals surface area contributed by atoms with Crippen LogP contribution >= 0.6 is 11.6 Å². The molecule has 45 heavy (non-hydrogen) atoms. The van der Waals surface area contributed by atoms with Crippen LogP contribution in [0, 0.1) is 11.3 Å². The molecule has 2 aromatic carbocycles. The number of nitrogens with zero attached hydrogens (tertiary/aromatic N) is 7. The summed E-state index contributed by atoms with van der Waals surface area (Å²) in [7, 11) is 0. The number of nitriles is 1. The van der Waals surface area contributed by atoms with Crippen LogP contribution in [0.15, 0.2) is 61.1 Å². The molecule has 1 amide bonds. The van der Waals surface area contributed by atoms with E-state index in [4.69, 9.17) is 31.3 Å². The molecule has 4 aromatic rings. The molecule has 4 heterocycles. The summed E-state index contributed by atoms with van der Waals surface area (Å²) in [5, 5.41) is 12.1. The topological polar surface area (TPSA) is 98.5 Å². The monoisotopic (exact) mass is 625 g/mol. The van der Waals surface area contributed by atoms with Crippen molar-refractivity contribution in [2.24, 2.45) is 0 Å². The number of halogens is 2. The van der Waals surface area contributed by atoms with Crippen molar-refractivity contribution in [3.05, 3.63) is 66.1 Å². The minimum absolute atomic E-state index is 0.0417. The number of rotatable bonds is 8. The Bertz CT molecular complexity index is 1840. The molecule has 1 unspecified atom stereocenters. The molecule has 7 rings (SSSR count). The summed E-state index contributed by atoms with van der Waals surface area (Å²) in [6.07, 6.45) is 6.56. The largest absolute Gasteiger partial charge is 0.462 e. The van der Waals surface area contributed by atoms with Crippen molar-refractivity contribution in [2.45, 2.75) is 50.2 Å². The number of benzene rings is 2. The fourth-order valence-corrected chi connectivity index (χ4v) is 7.08. The van der Waals surface area contributed by atoms with Crippen LogP contribution in [0.4, 0.5) is 10.2 Å². The quantitative estimate of drug-likeness (QED) is 0.223. The molecule has 2 atom stereocenters. The van der Waals surface area contributed by atoms with Crippen molar-refractivity contribution < 1.29 is 13.9 Å². The molecule has 2 aromatic heterocycles. The highest BCUT2D eigenvalue weighted by molar-refractivity contribution is 6.36. The smallest absolute Gasteiger partial charge is 0.319 e. The van der Waals surface area contributed by atoms with Crippen LogP contribution in [0.25, 0.3) is 32.9 Å². The van der Waals surface area contributed by atoms with E-state index in [2.05, 4.69) is 17.5 Å². The molecule has 3 fully saturated rings. The van der Waals surface area contributed by atoms with Crippen LogP contribution in [0.3, 0.4) is 0 Å². The third-order valence-corrected chi connectivity index (χ3v) is 9.42. The van der Waals surface area contributed by atoms with Gasteiger partial charge in [0.05, 0.1) is 24.0 Å². The van der Waals surface area contributed by atoms with E-state index >= 15 is 0 Å². The number of anilines is 1. The van der Waals surface area contributed by atoms with E-state index in [0.29, 0.717) is 47.1 Å². The molecule has 0 spiro atoms. The van der Waals surface area contributed by atoms with E-state index in [1.807, 2.05) is 47.4 Å². The molecule has 0 bridgehead atoms. The highest BCUT2D eigenvalue weighted by Crippen LogP contribution is 2.37. The zero-order chi connectivity index (χ0) is 31.1. The van der Waals surface area contributed by atoms with Gasteiger partial charge >= 0.3 is 6.01 Å². The summed E-state index contributed by atoms with van der Waals surface area (Å²) in [6.45, 7) is 5.61. The first-order valence-electron chi connectivity index (χ1n) is 15.4. The van der Waals surface area contributed by atoms with Gasteiger partial charge in [0.1, 0.15) is 12.1 Å². The van der Waals surface area contributed by atoms with Crippen molar-refractivity contribution >= 4 is 45.1 Å². The number of carbonyl (C=O) groups excluding carboxylic acids is 1. The fraction of sp³-hybridized carbons (Fsp3) is 0.382. The lowest BCUT2D eigenvalue weighted by Crippen LogP contribution is -2.55. The Balaban J connectivity index is 1.27. The third kappa shape index (κ3) is 5.78. The third-order valence-electron chi connectivity index (χ3n) is 9.11. The standard InChI is InChI=1S/C34H33ClFN7O2/c1-21(36)33(44)43-16-15-41(19-25(43)12-13-37)32-31-29(39-34(40-32)45-20-26-7-4-14-42(26)24-10-11-24)17-23(18-38-31)27-8-2-5-22-6-3-9-28(35)30(22)27/h2-3,5-6,8-9,17-18,24-26H,1,4,7,10-12,14-16,19-20H2/t25-,26?/m0/s1. The molecule has 2 saturated heterocycles. The Hall–Kier alpha value is -4.33. The highest BCUT2D eigenvalue weighted by atomic mass is 35.5. The predicted octanol–water partition coefficient (Wildman–Crippen LogP) is 5.92. The number of likely N-dealkylation sites (tertiary alicyclic amines) is 1. The molecule has 1 aliphatic carbocycles. The number of carbonyl (C=O) groups is 1. The Labute approximate surface area is 265 Å². The number of ether oxygens (including phenoxy) is 1. The average molecular weight is 626 g/mol. The van der Waals surface area contributed by atoms with Crippen LogP contribution in [-0.4, -0.2) is 81.6 Å². The van der Waals surface area contributed by atoms with Gasteiger partial charge in [-0.2, -0.15) is 15.2 Å². The number of fused-ring (bicyclic) bond motifs is 2. The van der Waals surface area contributed by atoms with Gasteiger partial charge in [-0.3, -0.25) is 14.7 Å². The van der Waals surface area contributed by atoms with E-state index in [1.54, 1.807) is 6.20 Å². The highest BCUT2D eigenvalue weighted by Gasteiger charge is 2.37. The Morgan fingerprint density at radius 2 is 1.93 bits per heavy atom. The Kier molecular flexibility index (Phi) is 7.98. The van der Waals surface area contributed by atoms with Gasteiger partial charge in [-0.15, -0.1) is 0 Å². The second-order valence-electron chi connectivity index (χ2n) is 12.0. The predicted molar refractivity (Wildman–Crippen MR) is 172 cm³/mol. The second-order valence-corrected chi connectivity index (χ2v) is 12.4. The fourth-order valence-electron chi connectivity index (χ4n) is 6.80. The summed E-state index contributed by atoms with van der Waals surface area (Å²) in [5.41, 5.74) is 2.97. The van der Waals surface area contributed by atoms with E-state index in [-0.39, 0.29) is 25.5 Å². The minimum Gasteiger partial charge on any atom is -0.462 e. The number of hydrogen-bond donors (Lipinski definition) is 0. The molecule has 1 saturated carbocycles. The van der Waals surface area contributed by atoms with Gasteiger partial charge in [0.25, 0.3) is 5.91 Å². The summed E-state index contributed by atoms with van der Waals surface area (Å²) in [6, 6.07) is 16.7. The van der Waals surface area contributed by atoms with Gasteiger partial charge in [-0.05, 0) is 55.3 Å². The lowest BCUT2D eigenvalue weighted by Gasteiger charge is -2.41. The maximum atomic E-state index is 13.8. The molecule has 230 valence electrons. The SMILES string of the molecule is C=C(F)C(=O)N1CCN(c2nc(OCC3CCCN3C3CC3)nc3cc(-c4cccc5cccc(Cl)c45)cnc23)C[C@@H]1CC#N. The van der Waals surface area contributed by atoms with Crippen molar-refractivity contribution in [1.29, 1.82) is 5.26 Å². The van der Waals surface area contributed by atoms with E-state index in [9.17, 15) is 14.4 Å². The molecule has 9 nitrogen and oxygen atoms in total. The summed E-state index contributed by atoms with van der Waals surface area (Å²) in [5.74, 6) is -1.28. The number of piperazine rings is 1. The first-order valence-corrected chi connectivity index (χ1v) is 15.8. The lowest BCUT2D eigenvalue weighted by atomic mass is 9.99. The van der Waals surface area contributed by atoms with Gasteiger partial charge in [0.15, 0.2) is 11.6 Å². The van der Waals surface area contributed by atoms with Crippen molar-refractivity contribution in [3.8, 4) is 23.2 Å². The number of pyridine rings is 1. The zero-order valence-corrected chi connectivity index (χ0v) is 25.6. The zero-order valence-electron chi connectivity index (χ0n) is 24.8. The average Bonchev–Trinajstić information content (AvgIpc) is 3.79. The number of aromatic nitrogens is 3. The van der Waals surface area contributed by atoms with Crippen LogP contribution in [0.1, 0.15) is 32.1 Å². The van der Waals surface area contributed by atoms with Crippen LogP contribution in [-0.2, 0) is 4.79 Å². The maximum Gasteiger partial charge on any atom is 0.319 e. The summed E-state index contributed by atoms with van der Waals surface area (Å²) >= 11 is 6.66.